The molecule has 1 heterocycles. The Bertz CT molecular complexity index is 852. The topological polar surface area (TPSA) is 70.2 Å². The number of halogens is 2. The van der Waals surface area contributed by atoms with Gasteiger partial charge in [-0.3, -0.25) is 9.59 Å². The molecule has 148 valence electrons. The molecule has 3 N–H and O–H groups in total. The highest BCUT2D eigenvalue weighted by molar-refractivity contribution is 5.79. The highest BCUT2D eigenvalue weighted by atomic mass is 19.1. The van der Waals surface area contributed by atoms with Gasteiger partial charge < -0.3 is 16.0 Å². The minimum atomic E-state index is -1.08. The summed E-state index contributed by atoms with van der Waals surface area (Å²) < 4.78 is 28.2. The van der Waals surface area contributed by atoms with Crippen LogP contribution in [-0.4, -0.2) is 24.9 Å². The summed E-state index contributed by atoms with van der Waals surface area (Å²) in [5, 5.41) is 8.64. The minimum Gasteiger partial charge on any atom is -0.354 e. The molecule has 2 atom stereocenters. The lowest BCUT2D eigenvalue weighted by Crippen LogP contribution is -2.40. The van der Waals surface area contributed by atoms with E-state index in [0.29, 0.717) is 6.54 Å². The van der Waals surface area contributed by atoms with Gasteiger partial charge >= 0.3 is 0 Å². The molecule has 1 aliphatic rings. The second-order valence-corrected chi connectivity index (χ2v) is 6.85. The molecule has 3 rings (SSSR count). The summed E-state index contributed by atoms with van der Waals surface area (Å²) in [6, 6.07) is 10.4. The number of benzene rings is 2. The Balaban J connectivity index is 1.67. The zero-order valence-electron chi connectivity index (χ0n) is 15.6. The van der Waals surface area contributed by atoms with Crippen LogP contribution in [0.4, 0.5) is 8.78 Å². The fourth-order valence-corrected chi connectivity index (χ4v) is 3.56. The van der Waals surface area contributed by atoms with Crippen LogP contribution >= 0.6 is 0 Å². The zero-order valence-corrected chi connectivity index (χ0v) is 15.6. The maximum atomic E-state index is 14.1. The molecule has 0 radical (unpaired) electrons. The fraction of sp³-hybridized carbons (Fsp3) is 0.333. The quantitative estimate of drug-likeness (QED) is 0.713. The van der Waals surface area contributed by atoms with Gasteiger partial charge in [-0.1, -0.05) is 30.3 Å². The Morgan fingerprint density at radius 1 is 1.14 bits per heavy atom. The molecule has 0 spiro atoms. The number of nitrogens with one attached hydrogen (secondary N) is 3. The van der Waals surface area contributed by atoms with Gasteiger partial charge in [-0.2, -0.15) is 0 Å². The number of hydrogen-bond donors (Lipinski definition) is 3. The van der Waals surface area contributed by atoms with E-state index in [4.69, 9.17) is 0 Å². The van der Waals surface area contributed by atoms with Gasteiger partial charge in [0.25, 0.3) is 0 Å². The van der Waals surface area contributed by atoms with Gasteiger partial charge in [-0.05, 0) is 36.2 Å². The summed E-state index contributed by atoms with van der Waals surface area (Å²) in [6.45, 7) is 2.40. The SMILES string of the molecule is CC(=O)NC(CC(=O)NCC1NCCc2ccccc21)c1c(F)cccc1F. The highest BCUT2D eigenvalue weighted by Crippen LogP contribution is 2.24. The third kappa shape index (κ3) is 4.72. The van der Waals surface area contributed by atoms with Crippen LogP contribution in [0, 0.1) is 11.6 Å². The molecular formula is C21H23F2N3O2. The van der Waals surface area contributed by atoms with Crippen molar-refractivity contribution in [3.8, 4) is 0 Å². The van der Waals surface area contributed by atoms with Crippen molar-refractivity contribution in [1.82, 2.24) is 16.0 Å². The van der Waals surface area contributed by atoms with Crippen LogP contribution in [0.2, 0.25) is 0 Å². The van der Waals surface area contributed by atoms with E-state index in [1.54, 1.807) is 0 Å². The van der Waals surface area contributed by atoms with Crippen molar-refractivity contribution in [1.29, 1.82) is 0 Å². The Morgan fingerprint density at radius 2 is 1.86 bits per heavy atom. The van der Waals surface area contributed by atoms with Crippen molar-refractivity contribution in [3.05, 3.63) is 70.8 Å². The summed E-state index contributed by atoms with van der Waals surface area (Å²) in [5.41, 5.74) is 2.06. The van der Waals surface area contributed by atoms with Crippen molar-refractivity contribution < 1.29 is 18.4 Å². The molecule has 2 unspecified atom stereocenters. The van der Waals surface area contributed by atoms with E-state index in [2.05, 4.69) is 22.0 Å². The van der Waals surface area contributed by atoms with Gasteiger partial charge in [-0.25, -0.2) is 8.78 Å². The largest absolute Gasteiger partial charge is 0.354 e. The molecule has 0 fully saturated rings. The zero-order chi connectivity index (χ0) is 20.1. The van der Waals surface area contributed by atoms with E-state index in [-0.39, 0.29) is 18.0 Å². The summed E-state index contributed by atoms with van der Waals surface area (Å²) in [6.07, 6.45) is 0.670. The third-order valence-corrected chi connectivity index (χ3v) is 4.83. The molecule has 7 heteroatoms. The first-order valence-corrected chi connectivity index (χ1v) is 9.24. The fourth-order valence-electron chi connectivity index (χ4n) is 3.56. The smallest absolute Gasteiger partial charge is 0.222 e. The number of rotatable bonds is 6. The lowest BCUT2D eigenvalue weighted by atomic mass is 9.94. The minimum absolute atomic E-state index is 0.0293. The summed E-state index contributed by atoms with van der Waals surface area (Å²) in [4.78, 5) is 23.9. The number of carbonyl (C=O) groups excluding carboxylic acids is 2. The second kappa shape index (κ2) is 8.93. The molecule has 0 saturated carbocycles. The van der Waals surface area contributed by atoms with Crippen LogP contribution in [0.25, 0.3) is 0 Å². The van der Waals surface area contributed by atoms with Crippen LogP contribution in [0.1, 0.15) is 42.1 Å². The van der Waals surface area contributed by atoms with Crippen LogP contribution in [0.3, 0.4) is 0 Å². The summed E-state index contributed by atoms with van der Waals surface area (Å²) in [7, 11) is 0. The normalized spacial score (nSPS) is 16.8. The summed E-state index contributed by atoms with van der Waals surface area (Å²) >= 11 is 0. The molecule has 0 aromatic heterocycles. The molecule has 0 saturated heterocycles. The van der Waals surface area contributed by atoms with Crippen molar-refractivity contribution in [2.45, 2.75) is 31.8 Å². The first kappa shape index (κ1) is 19.9. The van der Waals surface area contributed by atoms with E-state index < -0.39 is 29.5 Å². The average molecular weight is 387 g/mol. The maximum absolute atomic E-state index is 14.1. The van der Waals surface area contributed by atoms with Crippen LogP contribution in [0.15, 0.2) is 42.5 Å². The van der Waals surface area contributed by atoms with E-state index in [0.717, 1.165) is 30.7 Å². The molecule has 0 aliphatic carbocycles. The predicted molar refractivity (Wildman–Crippen MR) is 101 cm³/mol. The van der Waals surface area contributed by atoms with Gasteiger partial charge in [0.15, 0.2) is 0 Å². The standard InChI is InChI=1S/C21H23F2N3O2/c1-13(27)26-18(21-16(22)7-4-8-17(21)23)11-20(28)25-12-19-15-6-3-2-5-14(15)9-10-24-19/h2-8,18-19,24H,9-12H2,1H3,(H,25,28)(H,26,27). The van der Waals surface area contributed by atoms with E-state index in [1.165, 1.54) is 18.6 Å². The highest BCUT2D eigenvalue weighted by Gasteiger charge is 2.25. The van der Waals surface area contributed by atoms with E-state index in [1.807, 2.05) is 18.2 Å². The summed E-state index contributed by atoms with van der Waals surface area (Å²) in [5.74, 6) is -2.46. The number of fused-ring (bicyclic) bond motifs is 1. The lowest BCUT2D eigenvalue weighted by Gasteiger charge is -2.27. The molecule has 28 heavy (non-hydrogen) atoms. The van der Waals surface area contributed by atoms with Gasteiger partial charge in [-0.15, -0.1) is 0 Å². The average Bonchev–Trinajstić information content (AvgIpc) is 2.65. The van der Waals surface area contributed by atoms with Crippen molar-refractivity contribution in [2.24, 2.45) is 0 Å². The van der Waals surface area contributed by atoms with Gasteiger partial charge in [0.2, 0.25) is 11.8 Å². The number of hydrogen-bond acceptors (Lipinski definition) is 3. The Kier molecular flexibility index (Phi) is 6.36. The monoisotopic (exact) mass is 387 g/mol. The second-order valence-electron chi connectivity index (χ2n) is 6.85. The third-order valence-electron chi connectivity index (χ3n) is 4.83. The molecule has 0 bridgehead atoms. The van der Waals surface area contributed by atoms with Crippen LogP contribution in [-0.2, 0) is 16.0 Å². The van der Waals surface area contributed by atoms with Gasteiger partial charge in [0, 0.05) is 25.1 Å². The number of amides is 2. The van der Waals surface area contributed by atoms with E-state index in [9.17, 15) is 18.4 Å². The molecule has 2 amide bonds. The predicted octanol–water partition coefficient (Wildman–Crippen LogP) is 2.54. The van der Waals surface area contributed by atoms with Crippen molar-refractivity contribution in [3.63, 3.8) is 0 Å². The maximum Gasteiger partial charge on any atom is 0.222 e. The van der Waals surface area contributed by atoms with Crippen LogP contribution in [0.5, 0.6) is 0 Å². The molecular weight excluding hydrogens is 364 g/mol. The van der Waals surface area contributed by atoms with Gasteiger partial charge in [0.05, 0.1) is 12.5 Å². The van der Waals surface area contributed by atoms with E-state index >= 15 is 0 Å². The Hall–Kier alpha value is -2.80. The Labute approximate surface area is 162 Å². The van der Waals surface area contributed by atoms with Gasteiger partial charge in [0.1, 0.15) is 11.6 Å². The molecule has 2 aromatic carbocycles. The number of carbonyl (C=O) groups is 2. The first-order chi connectivity index (χ1) is 13.5. The van der Waals surface area contributed by atoms with Crippen molar-refractivity contribution in [2.75, 3.05) is 13.1 Å². The van der Waals surface area contributed by atoms with Crippen molar-refractivity contribution >= 4 is 11.8 Å². The molecule has 2 aromatic rings. The molecule has 5 nitrogen and oxygen atoms in total. The van der Waals surface area contributed by atoms with Crippen LogP contribution < -0.4 is 16.0 Å². The first-order valence-electron chi connectivity index (χ1n) is 9.24. The Morgan fingerprint density at radius 3 is 2.57 bits per heavy atom. The lowest BCUT2D eigenvalue weighted by molar-refractivity contribution is -0.122. The molecule has 1 aliphatic heterocycles.